The van der Waals surface area contributed by atoms with Crippen LogP contribution in [0.1, 0.15) is 157 Å². The molecular weight excluding hydrogens is 1500 g/mol. The molecule has 1 fully saturated rings. The van der Waals surface area contributed by atoms with Crippen LogP contribution in [0.5, 0.6) is 0 Å². The van der Waals surface area contributed by atoms with Gasteiger partial charge in [0.1, 0.15) is 72.6 Å². The van der Waals surface area contributed by atoms with E-state index in [1.54, 1.807) is 30.5 Å². The summed E-state index contributed by atoms with van der Waals surface area (Å²) in [6, 6.07) is -14.7. The maximum Gasteiger partial charge on any atom is 0.335 e. The normalized spacial score (nSPS) is 22.3. The van der Waals surface area contributed by atoms with E-state index in [0.29, 0.717) is 40.1 Å². The number of carboxylic acid groups (broad SMARTS) is 4. The number of aromatic amines is 1. The largest absolute Gasteiger partial charge is 0.481 e. The van der Waals surface area contributed by atoms with Crippen molar-refractivity contribution >= 4 is 123 Å². The zero-order chi connectivity index (χ0) is 85.8. The molecule has 634 valence electrons. The average Bonchev–Trinajstić information content (AvgIpc) is 1.71. The Bertz CT molecular complexity index is 3740. The van der Waals surface area contributed by atoms with Crippen LogP contribution in [0.2, 0.25) is 0 Å². The van der Waals surface area contributed by atoms with Crippen LogP contribution in [0, 0.1) is 11.8 Å². The van der Waals surface area contributed by atoms with Gasteiger partial charge in [-0.05, 0) is 89.3 Å². The van der Waals surface area contributed by atoms with Crippen LogP contribution in [-0.2, 0) is 107 Å². The van der Waals surface area contributed by atoms with E-state index in [2.05, 4.69) is 82.6 Å². The number of fused-ring (bicyclic) bond motifs is 1. The minimum atomic E-state index is -2.78. The number of nitrogens with zero attached hydrogens (tertiary/aromatic N) is 1. The van der Waals surface area contributed by atoms with Crippen molar-refractivity contribution in [1.29, 1.82) is 0 Å². The number of rotatable bonds is 36. The first kappa shape index (κ1) is 96.8. The Morgan fingerprint density at radius 2 is 1.20 bits per heavy atom. The van der Waals surface area contributed by atoms with Crippen LogP contribution in [0.4, 0.5) is 0 Å². The highest BCUT2D eigenvalue weighted by Gasteiger charge is 2.43. The summed E-state index contributed by atoms with van der Waals surface area (Å²) in [6.07, 6.45) is -5.18. The molecule has 1 aliphatic rings. The van der Waals surface area contributed by atoms with Crippen LogP contribution in [0.3, 0.4) is 0 Å². The number of carbonyl (C=O) groups excluding carboxylic acids is 15. The van der Waals surface area contributed by atoms with Gasteiger partial charge in [-0.15, -0.1) is 0 Å². The van der Waals surface area contributed by atoms with Crippen LogP contribution < -0.4 is 75.3 Å². The highest BCUT2D eigenvalue weighted by atomic mass is 16.5. The van der Waals surface area contributed by atoms with Gasteiger partial charge in [-0.1, -0.05) is 84.4 Å². The lowest BCUT2D eigenvalue weighted by Crippen LogP contribution is -2.64. The number of hydrogen-bond donors (Lipinski definition) is 20. The van der Waals surface area contributed by atoms with Crippen molar-refractivity contribution in [3.8, 4) is 0 Å². The third kappa shape index (κ3) is 32.3. The number of H-pyrrole nitrogens is 1. The average molecular weight is 1620 g/mol. The van der Waals surface area contributed by atoms with Crippen molar-refractivity contribution in [1.82, 2.24) is 73.7 Å². The number of nitrogens with one attached hydrogen (secondary N) is 13. The first-order valence-electron chi connectivity index (χ1n) is 37.4. The number of cyclic esters (lactones) is 1. The summed E-state index contributed by atoms with van der Waals surface area (Å²) in [6.45, 7) is 8.07. The fourth-order valence-corrected chi connectivity index (χ4v) is 11.7. The number of aliphatic hydroxyl groups is 1. The zero-order valence-corrected chi connectivity index (χ0v) is 65.2. The molecule has 1 aliphatic heterocycles. The van der Waals surface area contributed by atoms with Gasteiger partial charge in [0.2, 0.25) is 82.7 Å². The standard InChI is InChI=1S/C72H110N16O26/c1-10-35(3)20-14-12-13-15-24-48(89)79-46(30-40-32-75-42-22-17-16-21-41(40)42)66(105)82-45(26-28-52(94)95)65(104)86-56(58(98)60(74)99)69(108)85-55-39(7)114-72(112)54(36(4)11-2)84-64(103)44(25-27-51(92)93)80-61(100)37(5)77-49(90)33-76-68(107)57(59(113-9)71(110)111)87-63(102)43(23-18-19-29-73)81-67(106)47(31-53(96)97)83-62(101)38(6)78-50(91)34-88(8)70(55)109/h16-17,21-22,32,35-39,43-47,54-59,75,98H,10-15,18-20,23-31,33-34,73H2,1-9H3,(H2,74,99)(H,76,107)(H,77,90)(H,78,91)(H,79,89)(H,80,100)(H,81,106)(H,82,105)(H,83,101)(H,84,103)(H,85,108)(H,86,104)(H,87,102)(H,92,93)(H,94,95)(H,96,97)(H,110,111). The number of aliphatic hydroxyl groups excluding tert-OH is 1. The lowest BCUT2D eigenvalue weighted by molar-refractivity contribution is -0.159. The Labute approximate surface area is 656 Å². The molecule has 0 bridgehead atoms. The third-order valence-corrected chi connectivity index (χ3v) is 18.8. The molecule has 42 nitrogen and oxygen atoms in total. The summed E-state index contributed by atoms with van der Waals surface area (Å²) in [4.78, 5) is 264. The van der Waals surface area contributed by atoms with E-state index in [1.807, 2.05) is 0 Å². The number of ether oxygens (including phenoxy) is 2. The molecule has 14 amide bonds. The van der Waals surface area contributed by atoms with Crippen molar-refractivity contribution in [2.75, 3.05) is 33.8 Å². The number of methoxy groups -OCH3 is 1. The molecule has 1 aromatic heterocycles. The van der Waals surface area contributed by atoms with Gasteiger partial charge in [-0.3, -0.25) is 81.5 Å². The first-order valence-corrected chi connectivity index (χ1v) is 37.4. The molecule has 2 aromatic rings. The topological polar surface area (TPSA) is 659 Å². The van der Waals surface area contributed by atoms with Gasteiger partial charge in [0.25, 0.3) is 0 Å². The molecule has 42 heteroatoms. The molecule has 1 saturated heterocycles. The Morgan fingerprint density at radius 3 is 1.79 bits per heavy atom. The summed E-state index contributed by atoms with van der Waals surface area (Å²) in [7, 11) is 1.76. The van der Waals surface area contributed by atoms with Crippen LogP contribution >= 0.6 is 0 Å². The number of nitrogens with two attached hydrogens (primary N) is 2. The summed E-state index contributed by atoms with van der Waals surface area (Å²) in [5.74, 6) is -26.6. The number of unbranched alkanes of at least 4 members (excludes halogenated alkanes) is 4. The lowest BCUT2D eigenvalue weighted by atomic mass is 9.98. The minimum Gasteiger partial charge on any atom is -0.481 e. The van der Waals surface area contributed by atoms with Crippen LogP contribution in [0.25, 0.3) is 10.9 Å². The predicted octanol–water partition coefficient (Wildman–Crippen LogP) is -4.69. The van der Waals surface area contributed by atoms with Gasteiger partial charge in [0, 0.05) is 56.9 Å². The van der Waals surface area contributed by atoms with Crippen LogP contribution in [0.15, 0.2) is 30.5 Å². The fourth-order valence-electron chi connectivity index (χ4n) is 11.7. The summed E-state index contributed by atoms with van der Waals surface area (Å²) < 4.78 is 10.7. The number of aromatic nitrogens is 1. The zero-order valence-electron chi connectivity index (χ0n) is 65.2. The van der Waals surface area contributed by atoms with Crippen molar-refractivity contribution < 1.29 is 126 Å². The monoisotopic (exact) mass is 1610 g/mol. The van der Waals surface area contributed by atoms with E-state index in [4.69, 9.17) is 20.9 Å². The molecule has 16 atom stereocenters. The summed E-state index contributed by atoms with van der Waals surface area (Å²) in [5, 5.41) is 78.4. The number of carboxylic acids is 4. The van der Waals surface area contributed by atoms with E-state index in [0.717, 1.165) is 60.6 Å². The van der Waals surface area contributed by atoms with Gasteiger partial charge < -0.3 is 120 Å². The van der Waals surface area contributed by atoms with Gasteiger partial charge in [0.15, 0.2) is 12.2 Å². The van der Waals surface area contributed by atoms with E-state index < -0.39 is 248 Å². The third-order valence-electron chi connectivity index (χ3n) is 18.8. The van der Waals surface area contributed by atoms with E-state index in [9.17, 15) is 117 Å². The second kappa shape index (κ2) is 48.5. The molecule has 0 saturated carbocycles. The molecule has 114 heavy (non-hydrogen) atoms. The number of amides is 14. The minimum absolute atomic E-state index is 0.0150. The number of hydrogen-bond acceptors (Lipinski definition) is 23. The molecular formula is C72H110N16O26. The Hall–Kier alpha value is -11.4. The van der Waals surface area contributed by atoms with Gasteiger partial charge in [-0.2, -0.15) is 0 Å². The number of para-hydroxylation sites is 1. The maximum atomic E-state index is 15.0. The summed E-state index contributed by atoms with van der Waals surface area (Å²) in [5.41, 5.74) is 12.4. The number of likely N-dealkylation sites (N-methyl/N-ethyl adjacent to an activating group) is 1. The van der Waals surface area contributed by atoms with E-state index >= 15 is 0 Å². The second-order valence-corrected chi connectivity index (χ2v) is 27.9. The molecule has 22 N–H and O–H groups in total. The van der Waals surface area contributed by atoms with E-state index in [1.165, 1.54) is 13.8 Å². The van der Waals surface area contributed by atoms with Crippen molar-refractivity contribution in [3.63, 3.8) is 0 Å². The van der Waals surface area contributed by atoms with Gasteiger partial charge in [-0.25, -0.2) is 9.59 Å². The van der Waals surface area contributed by atoms with Crippen molar-refractivity contribution in [2.45, 2.75) is 242 Å². The Balaban J connectivity index is 2.23. The molecule has 0 aliphatic carbocycles. The number of benzene rings is 1. The van der Waals surface area contributed by atoms with Gasteiger partial charge >= 0.3 is 29.8 Å². The smallest absolute Gasteiger partial charge is 0.335 e. The maximum absolute atomic E-state index is 15.0. The molecule has 0 spiro atoms. The SMILES string of the molecule is CCC(C)CCCCCCC(=O)NC(Cc1c[nH]c2ccccc12)C(=O)NC(CCC(=O)O)C(=O)NC(C(=O)NC1C(=O)N(C)CC(=O)NC(C)C(=O)NC(CC(=O)O)C(=O)NC(CCCCN)C(=O)NC(C(OC)C(=O)O)C(=O)NCC(=O)NC(C)C(=O)NC(CCC(=O)O)C(=O)NC(C(C)CC)C(=O)OC1C)C(O)C(N)=O. The fraction of sp³-hybridized carbons (Fsp3) is 0.625. The lowest BCUT2D eigenvalue weighted by Gasteiger charge is -2.32. The number of aliphatic carboxylic acids is 4. The highest BCUT2D eigenvalue weighted by molar-refractivity contribution is 6.02. The second-order valence-electron chi connectivity index (χ2n) is 27.9. The molecule has 1 aromatic carbocycles. The summed E-state index contributed by atoms with van der Waals surface area (Å²) >= 11 is 0. The Kier molecular flexibility index (Phi) is 41.2. The van der Waals surface area contributed by atoms with E-state index in [-0.39, 0.29) is 45.1 Å². The van der Waals surface area contributed by atoms with Gasteiger partial charge in [0.05, 0.1) is 19.5 Å². The Morgan fingerprint density at radius 1 is 0.623 bits per heavy atom. The van der Waals surface area contributed by atoms with Crippen molar-refractivity contribution in [2.24, 2.45) is 23.3 Å². The molecule has 0 radical (unpaired) electrons. The molecule has 16 unspecified atom stereocenters. The number of carbonyl (C=O) groups is 19. The predicted molar refractivity (Wildman–Crippen MR) is 400 cm³/mol. The number of esters is 1. The molecule has 3 rings (SSSR count). The first-order chi connectivity index (χ1) is 53.7. The quantitative estimate of drug-likeness (QED) is 0.0225. The number of primary amides is 1. The van der Waals surface area contributed by atoms with Crippen molar-refractivity contribution in [3.05, 3.63) is 36.0 Å². The molecule has 2 heterocycles. The van der Waals surface area contributed by atoms with Crippen LogP contribution in [-0.4, -0.2) is 267 Å². The highest BCUT2D eigenvalue weighted by Crippen LogP contribution is 2.21.